The highest BCUT2D eigenvalue weighted by molar-refractivity contribution is 5.91. The van der Waals surface area contributed by atoms with Gasteiger partial charge in [0.25, 0.3) is 0 Å². The van der Waals surface area contributed by atoms with Gasteiger partial charge in [0, 0.05) is 0 Å². The SMILES string of the molecule is C=CCO[C@@H]1O[C@H](CF)[C@@H](OC(=O)c2ccccc2)[C@H](OC(=O)c2ccccc2)[C@H]1OC(=O)c1ccccc1. The van der Waals surface area contributed by atoms with Crippen LogP contribution in [-0.2, 0) is 23.7 Å². The van der Waals surface area contributed by atoms with Crippen LogP contribution in [0.1, 0.15) is 31.1 Å². The van der Waals surface area contributed by atoms with Crippen molar-refractivity contribution in [2.24, 2.45) is 0 Å². The standard InChI is InChI=1S/C30H27FO8/c1-2-18-35-30-26(39-29(34)22-16-10-5-11-17-22)25(38-28(33)21-14-8-4-9-15-21)24(23(19-31)36-30)37-27(32)20-12-6-3-7-13-20/h2-17,23-26,30H,1,18-19H2/t23-,24-,25+,26-,30-/m1/s1. The van der Waals surface area contributed by atoms with Crippen molar-refractivity contribution in [1.82, 2.24) is 0 Å². The van der Waals surface area contributed by atoms with E-state index in [-0.39, 0.29) is 23.3 Å². The van der Waals surface area contributed by atoms with Gasteiger partial charge in [0.2, 0.25) is 0 Å². The summed E-state index contributed by atoms with van der Waals surface area (Å²) in [5.41, 5.74) is 0.579. The number of hydrogen-bond donors (Lipinski definition) is 0. The summed E-state index contributed by atoms with van der Waals surface area (Å²) in [5, 5.41) is 0. The first-order valence-corrected chi connectivity index (χ1v) is 12.2. The molecule has 0 aliphatic carbocycles. The minimum atomic E-state index is -1.48. The largest absolute Gasteiger partial charge is 0.452 e. The zero-order valence-electron chi connectivity index (χ0n) is 20.9. The minimum Gasteiger partial charge on any atom is -0.452 e. The Balaban J connectivity index is 1.71. The summed E-state index contributed by atoms with van der Waals surface area (Å²) in [6.07, 6.45) is -5.72. The topological polar surface area (TPSA) is 97.4 Å². The molecule has 0 spiro atoms. The number of rotatable bonds is 10. The highest BCUT2D eigenvalue weighted by atomic mass is 19.1. The molecule has 202 valence electrons. The molecule has 1 heterocycles. The van der Waals surface area contributed by atoms with Crippen LogP contribution < -0.4 is 0 Å². The van der Waals surface area contributed by atoms with Crippen molar-refractivity contribution in [2.45, 2.75) is 30.7 Å². The Hall–Kier alpha value is -4.34. The third-order valence-electron chi connectivity index (χ3n) is 5.88. The summed E-state index contributed by atoms with van der Waals surface area (Å²) in [5.74, 6) is -2.38. The Morgan fingerprint density at radius 3 is 1.51 bits per heavy atom. The van der Waals surface area contributed by atoms with Gasteiger partial charge in [0.05, 0.1) is 23.3 Å². The zero-order valence-corrected chi connectivity index (χ0v) is 20.9. The average molecular weight is 535 g/mol. The van der Waals surface area contributed by atoms with E-state index in [9.17, 15) is 18.8 Å². The Kier molecular flexibility index (Phi) is 9.55. The summed E-state index contributed by atoms with van der Waals surface area (Å²) >= 11 is 0. The first kappa shape index (κ1) is 27.7. The number of ether oxygens (including phenoxy) is 5. The Labute approximate surface area is 224 Å². The molecule has 39 heavy (non-hydrogen) atoms. The highest BCUT2D eigenvalue weighted by Gasteiger charge is 2.53. The molecule has 4 rings (SSSR count). The summed E-state index contributed by atoms with van der Waals surface area (Å²) in [6.45, 7) is 2.44. The maximum Gasteiger partial charge on any atom is 0.338 e. The van der Waals surface area contributed by atoms with Gasteiger partial charge < -0.3 is 23.7 Å². The Bertz CT molecular complexity index is 1250. The zero-order chi connectivity index (χ0) is 27.6. The van der Waals surface area contributed by atoms with Crippen molar-refractivity contribution in [1.29, 1.82) is 0 Å². The van der Waals surface area contributed by atoms with E-state index in [4.69, 9.17) is 23.7 Å². The molecule has 1 fully saturated rings. The van der Waals surface area contributed by atoms with Crippen molar-refractivity contribution in [3.05, 3.63) is 120 Å². The van der Waals surface area contributed by atoms with Crippen LogP contribution >= 0.6 is 0 Å². The lowest BCUT2D eigenvalue weighted by molar-refractivity contribution is -0.293. The van der Waals surface area contributed by atoms with Crippen LogP contribution in [0.2, 0.25) is 0 Å². The van der Waals surface area contributed by atoms with Gasteiger partial charge in [-0.1, -0.05) is 60.7 Å². The summed E-state index contributed by atoms with van der Waals surface area (Å²) in [7, 11) is 0. The van der Waals surface area contributed by atoms with Gasteiger partial charge in [-0.2, -0.15) is 0 Å². The number of halogens is 1. The van der Waals surface area contributed by atoms with Gasteiger partial charge in [-0.25, -0.2) is 18.8 Å². The predicted octanol–water partition coefficient (Wildman–Crippen LogP) is 4.56. The van der Waals surface area contributed by atoms with E-state index in [1.165, 1.54) is 42.5 Å². The molecule has 0 aromatic heterocycles. The van der Waals surface area contributed by atoms with Gasteiger partial charge in [-0.3, -0.25) is 0 Å². The van der Waals surface area contributed by atoms with Gasteiger partial charge in [-0.05, 0) is 36.4 Å². The fourth-order valence-electron chi connectivity index (χ4n) is 4.00. The summed E-state index contributed by atoms with van der Waals surface area (Å²) < 4.78 is 42.9. The maximum atomic E-state index is 14.3. The van der Waals surface area contributed by atoms with Crippen molar-refractivity contribution in [3.8, 4) is 0 Å². The number of hydrogen-bond acceptors (Lipinski definition) is 8. The lowest BCUT2D eigenvalue weighted by Crippen LogP contribution is -2.62. The van der Waals surface area contributed by atoms with Gasteiger partial charge in [0.15, 0.2) is 24.6 Å². The predicted molar refractivity (Wildman–Crippen MR) is 138 cm³/mol. The lowest BCUT2D eigenvalue weighted by atomic mass is 9.98. The molecule has 0 amide bonds. The Morgan fingerprint density at radius 2 is 1.10 bits per heavy atom. The Morgan fingerprint density at radius 1 is 0.692 bits per heavy atom. The molecule has 5 atom stereocenters. The van der Waals surface area contributed by atoms with E-state index in [0.717, 1.165) is 0 Å². The molecule has 3 aromatic rings. The van der Waals surface area contributed by atoms with Crippen LogP contribution in [0.5, 0.6) is 0 Å². The number of esters is 3. The molecule has 0 unspecified atom stereocenters. The van der Waals surface area contributed by atoms with Crippen LogP contribution in [0.3, 0.4) is 0 Å². The monoisotopic (exact) mass is 534 g/mol. The molecular formula is C30H27FO8. The second kappa shape index (κ2) is 13.5. The normalized spacial score (nSPS) is 22.3. The molecular weight excluding hydrogens is 507 g/mol. The summed E-state index contributed by atoms with van der Waals surface area (Å²) in [6, 6.07) is 24.2. The number of carbonyl (C=O) groups excluding carboxylic acids is 3. The molecule has 9 heteroatoms. The maximum absolute atomic E-state index is 14.3. The smallest absolute Gasteiger partial charge is 0.338 e. The fraction of sp³-hybridized carbons (Fsp3) is 0.233. The van der Waals surface area contributed by atoms with Gasteiger partial charge >= 0.3 is 17.9 Å². The highest BCUT2D eigenvalue weighted by Crippen LogP contribution is 2.31. The molecule has 1 aliphatic heterocycles. The second-order valence-corrected chi connectivity index (χ2v) is 8.53. The van der Waals surface area contributed by atoms with Crippen LogP contribution in [0.25, 0.3) is 0 Å². The molecule has 0 radical (unpaired) electrons. The van der Waals surface area contributed by atoms with Crippen LogP contribution in [0, 0.1) is 0 Å². The third-order valence-corrected chi connectivity index (χ3v) is 5.88. The molecule has 0 saturated carbocycles. The lowest BCUT2D eigenvalue weighted by Gasteiger charge is -2.43. The van der Waals surface area contributed by atoms with Crippen LogP contribution in [-0.4, -0.2) is 61.9 Å². The minimum absolute atomic E-state index is 0.0448. The second-order valence-electron chi connectivity index (χ2n) is 8.53. The molecule has 8 nitrogen and oxygen atoms in total. The molecule has 3 aromatic carbocycles. The van der Waals surface area contributed by atoms with Crippen molar-refractivity contribution >= 4 is 17.9 Å². The molecule has 0 bridgehead atoms. The fourth-order valence-corrected chi connectivity index (χ4v) is 4.00. The van der Waals surface area contributed by atoms with E-state index in [1.54, 1.807) is 54.6 Å². The van der Waals surface area contributed by atoms with Crippen LogP contribution in [0.15, 0.2) is 104 Å². The van der Waals surface area contributed by atoms with E-state index < -0.39 is 55.3 Å². The van der Waals surface area contributed by atoms with Crippen LogP contribution in [0.4, 0.5) is 4.39 Å². The van der Waals surface area contributed by atoms with E-state index in [2.05, 4.69) is 6.58 Å². The first-order chi connectivity index (χ1) is 19.0. The summed E-state index contributed by atoms with van der Waals surface area (Å²) in [4.78, 5) is 39.2. The molecule has 1 aliphatic rings. The average Bonchev–Trinajstić information content (AvgIpc) is 2.99. The molecule has 1 saturated heterocycles. The number of alkyl halides is 1. The van der Waals surface area contributed by atoms with Crippen molar-refractivity contribution < 1.29 is 42.5 Å². The first-order valence-electron chi connectivity index (χ1n) is 12.2. The quantitative estimate of drug-likeness (QED) is 0.212. The van der Waals surface area contributed by atoms with E-state index in [1.807, 2.05) is 0 Å². The van der Waals surface area contributed by atoms with Crippen molar-refractivity contribution in [2.75, 3.05) is 13.3 Å². The van der Waals surface area contributed by atoms with E-state index >= 15 is 0 Å². The molecule has 0 N–H and O–H groups in total. The van der Waals surface area contributed by atoms with E-state index in [0.29, 0.717) is 0 Å². The van der Waals surface area contributed by atoms with Gasteiger partial charge in [-0.15, -0.1) is 6.58 Å². The number of benzene rings is 3. The van der Waals surface area contributed by atoms with Crippen molar-refractivity contribution in [3.63, 3.8) is 0 Å². The van der Waals surface area contributed by atoms with Gasteiger partial charge in [0.1, 0.15) is 12.8 Å². The third kappa shape index (κ3) is 6.95. The number of carbonyl (C=O) groups is 3.